The van der Waals surface area contributed by atoms with Crippen LogP contribution in [-0.4, -0.2) is 17.1 Å². The van der Waals surface area contributed by atoms with Crippen LogP contribution in [0.1, 0.15) is 5.56 Å². The first-order valence-corrected chi connectivity index (χ1v) is 3.58. The largest absolute Gasteiger partial charge is 0.504 e. The average Bonchev–Trinajstić information content (AvgIpc) is 2.02. The fourth-order valence-electron chi connectivity index (χ4n) is 1.08. The molecule has 0 bridgehead atoms. The molecule has 0 amide bonds. The quantitative estimate of drug-likeness (QED) is 0.558. The molecule has 5 heteroatoms. The van der Waals surface area contributed by atoms with Crippen molar-refractivity contribution in [1.82, 2.24) is 0 Å². The number of methoxy groups -OCH3 is 1. The first kappa shape index (κ1) is 9.31. The molecule has 1 rings (SSSR count). The van der Waals surface area contributed by atoms with Crippen LogP contribution >= 0.6 is 0 Å². The molecule has 13 heavy (non-hydrogen) atoms. The zero-order valence-electron chi connectivity index (χ0n) is 7.27. The highest BCUT2D eigenvalue weighted by atomic mass is 16.6. The van der Waals surface area contributed by atoms with Crippen LogP contribution in [0.5, 0.6) is 11.5 Å². The Labute approximate surface area is 74.7 Å². The molecule has 0 radical (unpaired) electrons. The standard InChI is InChI=1S/C8H9NO4/c1-5-3-6(9(11)12)8(13-2)7(10)4-5/h3-4,10H,1-2H3. The molecule has 0 aliphatic heterocycles. The normalized spacial score (nSPS) is 9.69. The number of phenols is 1. The topological polar surface area (TPSA) is 72.6 Å². The van der Waals surface area contributed by atoms with E-state index in [1.165, 1.54) is 19.2 Å². The Morgan fingerprint density at radius 1 is 1.54 bits per heavy atom. The van der Waals surface area contributed by atoms with Crippen LogP contribution in [0.25, 0.3) is 0 Å². The second kappa shape index (κ2) is 3.30. The minimum absolute atomic E-state index is 0.101. The van der Waals surface area contributed by atoms with Gasteiger partial charge in [-0.25, -0.2) is 0 Å². The van der Waals surface area contributed by atoms with E-state index < -0.39 is 4.92 Å². The number of rotatable bonds is 2. The Bertz CT molecular complexity index is 348. The zero-order chi connectivity index (χ0) is 10.0. The zero-order valence-corrected chi connectivity index (χ0v) is 7.27. The molecular weight excluding hydrogens is 174 g/mol. The third-order valence-corrected chi connectivity index (χ3v) is 1.59. The second-order valence-corrected chi connectivity index (χ2v) is 2.59. The highest BCUT2D eigenvalue weighted by molar-refractivity contribution is 5.57. The summed E-state index contributed by atoms with van der Waals surface area (Å²) in [6.45, 7) is 1.66. The van der Waals surface area contributed by atoms with E-state index in [1.807, 2.05) is 0 Å². The first-order chi connectivity index (χ1) is 6.06. The number of ether oxygens (including phenoxy) is 1. The highest BCUT2D eigenvalue weighted by Gasteiger charge is 2.18. The molecule has 0 fully saturated rings. The lowest BCUT2D eigenvalue weighted by atomic mass is 10.2. The van der Waals surface area contributed by atoms with Gasteiger partial charge < -0.3 is 9.84 Å². The molecule has 0 spiro atoms. The number of nitrogens with zero attached hydrogens (tertiary/aromatic N) is 1. The molecule has 0 saturated heterocycles. The highest BCUT2D eigenvalue weighted by Crippen LogP contribution is 2.36. The maximum absolute atomic E-state index is 10.5. The van der Waals surface area contributed by atoms with Gasteiger partial charge in [0.15, 0.2) is 5.75 Å². The van der Waals surface area contributed by atoms with Gasteiger partial charge in [0, 0.05) is 6.07 Å². The van der Waals surface area contributed by atoms with Crippen LogP contribution in [0.3, 0.4) is 0 Å². The minimum Gasteiger partial charge on any atom is -0.504 e. The van der Waals surface area contributed by atoms with Crippen molar-refractivity contribution >= 4 is 5.69 Å². The Morgan fingerprint density at radius 2 is 2.15 bits per heavy atom. The SMILES string of the molecule is COc1c(O)cc(C)cc1[N+](=O)[O-]. The number of aryl methyl sites for hydroxylation is 1. The molecular formula is C8H9NO4. The predicted molar refractivity (Wildman–Crippen MR) is 46.1 cm³/mol. The van der Waals surface area contributed by atoms with Crippen molar-refractivity contribution in [3.05, 3.63) is 27.8 Å². The molecule has 0 unspecified atom stereocenters. The third-order valence-electron chi connectivity index (χ3n) is 1.59. The summed E-state index contributed by atoms with van der Waals surface area (Å²) in [6.07, 6.45) is 0. The lowest BCUT2D eigenvalue weighted by molar-refractivity contribution is -0.385. The first-order valence-electron chi connectivity index (χ1n) is 3.58. The minimum atomic E-state index is -0.592. The fourth-order valence-corrected chi connectivity index (χ4v) is 1.08. The summed E-state index contributed by atoms with van der Waals surface area (Å²) in [7, 11) is 1.28. The van der Waals surface area contributed by atoms with Crippen LogP contribution < -0.4 is 4.74 Å². The summed E-state index contributed by atoms with van der Waals surface area (Å²) >= 11 is 0. The van der Waals surface area contributed by atoms with E-state index in [4.69, 9.17) is 4.74 Å². The third kappa shape index (κ3) is 1.69. The maximum Gasteiger partial charge on any atom is 0.315 e. The molecule has 1 N–H and O–H groups in total. The van der Waals surface area contributed by atoms with Gasteiger partial charge in [-0.1, -0.05) is 0 Å². The van der Waals surface area contributed by atoms with E-state index in [-0.39, 0.29) is 17.2 Å². The van der Waals surface area contributed by atoms with Crippen molar-refractivity contribution < 1.29 is 14.8 Å². The smallest absolute Gasteiger partial charge is 0.315 e. The van der Waals surface area contributed by atoms with Gasteiger partial charge in [0.05, 0.1) is 12.0 Å². The number of phenolic OH excluding ortho intramolecular Hbond substituents is 1. The van der Waals surface area contributed by atoms with Crippen molar-refractivity contribution in [2.45, 2.75) is 6.92 Å². The lowest BCUT2D eigenvalue weighted by Gasteiger charge is -2.04. The Hall–Kier alpha value is -1.78. The predicted octanol–water partition coefficient (Wildman–Crippen LogP) is 1.62. The molecule has 1 aromatic carbocycles. The molecule has 1 aromatic rings. The summed E-state index contributed by atoms with van der Waals surface area (Å²) in [5, 5.41) is 19.8. The summed E-state index contributed by atoms with van der Waals surface area (Å²) < 4.78 is 4.70. The molecule has 0 aliphatic carbocycles. The number of nitro benzene ring substituents is 1. The summed E-state index contributed by atoms with van der Waals surface area (Å²) in [4.78, 5) is 9.91. The Morgan fingerprint density at radius 3 is 2.62 bits per heavy atom. The summed E-state index contributed by atoms with van der Waals surface area (Å²) in [6, 6.07) is 2.75. The second-order valence-electron chi connectivity index (χ2n) is 2.59. The van der Waals surface area contributed by atoms with Crippen molar-refractivity contribution in [2.24, 2.45) is 0 Å². The van der Waals surface area contributed by atoms with Crippen LogP contribution in [-0.2, 0) is 0 Å². The van der Waals surface area contributed by atoms with Crippen LogP contribution in [0, 0.1) is 17.0 Å². The van der Waals surface area contributed by atoms with Gasteiger partial charge in [-0.3, -0.25) is 10.1 Å². The monoisotopic (exact) mass is 183 g/mol. The number of hydrogen-bond donors (Lipinski definition) is 1. The van der Waals surface area contributed by atoms with E-state index in [0.29, 0.717) is 5.56 Å². The number of aromatic hydroxyl groups is 1. The summed E-state index contributed by atoms with van der Waals surface area (Å²) in [5.74, 6) is -0.315. The van der Waals surface area contributed by atoms with Crippen molar-refractivity contribution in [3.8, 4) is 11.5 Å². The molecule has 0 aliphatic rings. The van der Waals surface area contributed by atoms with Gasteiger partial charge in [0.25, 0.3) is 0 Å². The average molecular weight is 183 g/mol. The molecule has 70 valence electrons. The van der Waals surface area contributed by atoms with E-state index in [0.717, 1.165) is 0 Å². The number of benzene rings is 1. The van der Waals surface area contributed by atoms with Crippen molar-refractivity contribution in [3.63, 3.8) is 0 Å². The van der Waals surface area contributed by atoms with Crippen molar-refractivity contribution in [2.75, 3.05) is 7.11 Å². The van der Waals surface area contributed by atoms with Crippen LogP contribution in [0.2, 0.25) is 0 Å². The van der Waals surface area contributed by atoms with Crippen molar-refractivity contribution in [1.29, 1.82) is 0 Å². The molecule has 0 heterocycles. The number of hydrogen-bond acceptors (Lipinski definition) is 4. The van der Waals surface area contributed by atoms with Gasteiger partial charge in [-0.2, -0.15) is 0 Å². The van der Waals surface area contributed by atoms with E-state index in [2.05, 4.69) is 0 Å². The molecule has 0 aromatic heterocycles. The van der Waals surface area contributed by atoms with E-state index in [1.54, 1.807) is 6.92 Å². The van der Waals surface area contributed by atoms with Gasteiger partial charge >= 0.3 is 5.69 Å². The van der Waals surface area contributed by atoms with Gasteiger partial charge in [0.2, 0.25) is 5.75 Å². The Balaban J connectivity index is 3.38. The van der Waals surface area contributed by atoms with Gasteiger partial charge in [-0.15, -0.1) is 0 Å². The maximum atomic E-state index is 10.5. The fraction of sp³-hybridized carbons (Fsp3) is 0.250. The Kier molecular flexibility index (Phi) is 2.36. The molecule has 5 nitrogen and oxygen atoms in total. The summed E-state index contributed by atoms with van der Waals surface area (Å²) in [5.41, 5.74) is 0.394. The van der Waals surface area contributed by atoms with Crippen LogP contribution in [0.15, 0.2) is 12.1 Å². The van der Waals surface area contributed by atoms with E-state index in [9.17, 15) is 15.2 Å². The van der Waals surface area contributed by atoms with Gasteiger partial charge in [-0.05, 0) is 18.6 Å². The van der Waals surface area contributed by atoms with Crippen LogP contribution in [0.4, 0.5) is 5.69 Å². The van der Waals surface area contributed by atoms with E-state index >= 15 is 0 Å². The number of nitro groups is 1. The molecule has 0 atom stereocenters. The molecule has 0 saturated carbocycles. The lowest BCUT2D eigenvalue weighted by Crippen LogP contribution is -1.94. The van der Waals surface area contributed by atoms with Gasteiger partial charge in [0.1, 0.15) is 0 Å².